The second-order valence-corrected chi connectivity index (χ2v) is 20.5. The van der Waals surface area contributed by atoms with Crippen LogP contribution in [0.3, 0.4) is 0 Å². The van der Waals surface area contributed by atoms with Crippen LogP contribution in [0.4, 0.5) is 21.0 Å². The first-order valence-corrected chi connectivity index (χ1v) is 27.4. The second kappa shape index (κ2) is 32.4. The first-order valence-electron chi connectivity index (χ1n) is 27.4. The molecule has 18 heteroatoms. The number of rotatable bonds is 18. The molecular formula is C58H84Cl2N10O6. The predicted octanol–water partition coefficient (Wildman–Crippen LogP) is 9.13. The summed E-state index contributed by atoms with van der Waals surface area (Å²) in [6, 6.07) is 24.3. The van der Waals surface area contributed by atoms with Crippen LogP contribution in [0.1, 0.15) is 98.1 Å². The van der Waals surface area contributed by atoms with E-state index in [1.165, 1.54) is 11.1 Å². The zero-order valence-electron chi connectivity index (χ0n) is 45.4. The van der Waals surface area contributed by atoms with E-state index in [4.69, 9.17) is 9.47 Å². The highest BCUT2D eigenvalue weighted by Gasteiger charge is 2.31. The molecule has 4 aliphatic heterocycles. The highest BCUT2D eigenvalue weighted by atomic mass is 35.5. The van der Waals surface area contributed by atoms with Gasteiger partial charge in [-0.3, -0.25) is 19.6 Å². The number of aromatic nitrogens is 2. The number of piperidine rings is 2. The molecule has 2 aromatic heterocycles. The number of urea groups is 2. The van der Waals surface area contributed by atoms with Crippen LogP contribution in [-0.2, 0) is 22.3 Å². The molecule has 4 aliphatic rings. The molecule has 416 valence electrons. The van der Waals surface area contributed by atoms with Gasteiger partial charge in [-0.2, -0.15) is 0 Å². The SMILES string of the molecule is CCCN(CC1CCN(C(=O)N2CCOCC2)CC1)C(C)Cc1cccc(NC(=O)c2ccncc2)c1.CCCN(CC1CCN(C(=O)N2CCOCC2)CC1)C(C)Cc1cccc(NC(=O)c2ccncc2)c1.Cl.Cl. The summed E-state index contributed by atoms with van der Waals surface area (Å²) in [6.45, 7) is 22.1. The van der Waals surface area contributed by atoms with Crippen molar-refractivity contribution in [3.05, 3.63) is 120 Å². The van der Waals surface area contributed by atoms with E-state index in [0.717, 1.165) is 115 Å². The summed E-state index contributed by atoms with van der Waals surface area (Å²) in [4.78, 5) is 71.8. The Morgan fingerprint density at radius 1 is 0.539 bits per heavy atom. The maximum absolute atomic E-state index is 12.8. The average molecular weight is 1090 g/mol. The molecule has 2 N–H and O–H groups in total. The zero-order valence-corrected chi connectivity index (χ0v) is 47.0. The maximum atomic E-state index is 12.8. The van der Waals surface area contributed by atoms with Crippen LogP contribution in [-0.4, -0.2) is 180 Å². The average Bonchev–Trinajstić information content (AvgIpc) is 3.44. The van der Waals surface area contributed by atoms with Gasteiger partial charge >= 0.3 is 12.1 Å². The molecule has 0 bridgehead atoms. The Hall–Kier alpha value is -5.36. The van der Waals surface area contributed by atoms with E-state index in [2.05, 4.69) is 82.4 Å². The molecule has 2 unspecified atom stereocenters. The van der Waals surface area contributed by atoms with Crippen molar-refractivity contribution >= 4 is 60.1 Å². The third kappa shape index (κ3) is 19.0. The van der Waals surface area contributed by atoms with Crippen LogP contribution in [0.15, 0.2) is 97.6 Å². The van der Waals surface area contributed by atoms with E-state index in [0.29, 0.717) is 87.7 Å². The van der Waals surface area contributed by atoms with Gasteiger partial charge in [-0.15, -0.1) is 24.8 Å². The molecule has 0 radical (unpaired) electrons. The Labute approximate surface area is 464 Å². The number of nitrogens with zero attached hydrogens (tertiary/aromatic N) is 8. The lowest BCUT2D eigenvalue weighted by Gasteiger charge is -2.39. The summed E-state index contributed by atoms with van der Waals surface area (Å²) in [5.41, 5.74) is 5.25. The van der Waals surface area contributed by atoms with Gasteiger partial charge in [0, 0.05) is 125 Å². The monoisotopic (exact) mass is 1090 g/mol. The Bertz CT molecular complexity index is 2180. The largest absolute Gasteiger partial charge is 0.378 e. The fourth-order valence-electron chi connectivity index (χ4n) is 10.6. The predicted molar refractivity (Wildman–Crippen MR) is 306 cm³/mol. The van der Waals surface area contributed by atoms with Crippen molar-refractivity contribution < 1.29 is 28.7 Å². The topological polar surface area (TPSA) is 156 Å². The Morgan fingerprint density at radius 2 is 0.882 bits per heavy atom. The molecule has 2 atom stereocenters. The van der Waals surface area contributed by atoms with Crippen LogP contribution in [0.25, 0.3) is 0 Å². The van der Waals surface area contributed by atoms with Crippen molar-refractivity contribution in [3.63, 3.8) is 0 Å². The number of benzene rings is 2. The molecule has 8 rings (SSSR count). The number of likely N-dealkylation sites (tertiary alicyclic amines) is 2. The highest BCUT2D eigenvalue weighted by Crippen LogP contribution is 2.25. The maximum Gasteiger partial charge on any atom is 0.320 e. The molecule has 0 aliphatic carbocycles. The van der Waals surface area contributed by atoms with Crippen molar-refractivity contribution in [2.75, 3.05) is 116 Å². The van der Waals surface area contributed by atoms with Gasteiger partial charge < -0.3 is 49.5 Å². The third-order valence-electron chi connectivity index (χ3n) is 14.9. The van der Waals surface area contributed by atoms with E-state index < -0.39 is 0 Å². The number of pyridine rings is 2. The van der Waals surface area contributed by atoms with Crippen molar-refractivity contribution in [1.29, 1.82) is 0 Å². The molecule has 6 heterocycles. The van der Waals surface area contributed by atoms with Crippen molar-refractivity contribution in [3.8, 4) is 0 Å². The number of halogens is 2. The van der Waals surface area contributed by atoms with Gasteiger partial charge in [-0.1, -0.05) is 38.1 Å². The van der Waals surface area contributed by atoms with Gasteiger partial charge in [0.15, 0.2) is 0 Å². The van der Waals surface area contributed by atoms with Gasteiger partial charge in [0.25, 0.3) is 11.8 Å². The molecule has 4 aromatic rings. The van der Waals surface area contributed by atoms with E-state index in [-0.39, 0.29) is 48.7 Å². The van der Waals surface area contributed by atoms with Gasteiger partial charge in [-0.25, -0.2) is 9.59 Å². The Morgan fingerprint density at radius 3 is 1.22 bits per heavy atom. The summed E-state index contributed by atoms with van der Waals surface area (Å²) >= 11 is 0. The standard InChI is InChI=1S/2C29H41N5O3.2ClH/c2*1-3-13-34(22-24-9-14-32(15-10-24)29(36)33-16-18-37-19-17-33)23(2)20-25-5-4-6-27(21-25)31-28(35)26-7-11-30-12-8-26;;/h2*4-8,11-12,21,23-24H,3,9-10,13-20,22H2,1-2H3,(H,31,35);2*1H. The first-order chi connectivity index (χ1) is 36.1. The Balaban J connectivity index is 0.000000274. The molecule has 2 aromatic carbocycles. The molecule has 6 amide bonds. The lowest BCUT2D eigenvalue weighted by atomic mass is 9.95. The number of carbonyl (C=O) groups excluding carboxylic acids is 4. The zero-order chi connectivity index (χ0) is 52.1. The summed E-state index contributed by atoms with van der Waals surface area (Å²) in [7, 11) is 0. The number of anilines is 2. The Kier molecular flexibility index (Phi) is 26.2. The number of hydrogen-bond acceptors (Lipinski definition) is 10. The molecular weight excluding hydrogens is 1000 g/mol. The van der Waals surface area contributed by atoms with E-state index >= 15 is 0 Å². The molecule has 4 saturated heterocycles. The summed E-state index contributed by atoms with van der Waals surface area (Å²) in [5, 5.41) is 6.01. The van der Waals surface area contributed by atoms with E-state index in [9.17, 15) is 19.2 Å². The number of amides is 6. The normalized spacial score (nSPS) is 17.1. The fraction of sp³-hybridized carbons (Fsp3) is 0.552. The van der Waals surface area contributed by atoms with Gasteiger partial charge in [0.2, 0.25) is 0 Å². The highest BCUT2D eigenvalue weighted by molar-refractivity contribution is 6.04. The minimum absolute atomic E-state index is 0. The van der Waals surface area contributed by atoms with Crippen molar-refractivity contribution in [1.82, 2.24) is 39.4 Å². The number of ether oxygens (including phenoxy) is 2. The molecule has 76 heavy (non-hydrogen) atoms. The number of hydrogen-bond donors (Lipinski definition) is 2. The lowest BCUT2D eigenvalue weighted by molar-refractivity contribution is 0.0386. The number of nitrogens with one attached hydrogen (secondary N) is 2. The van der Waals surface area contributed by atoms with Crippen LogP contribution in [0.5, 0.6) is 0 Å². The first kappa shape index (κ1) is 61.5. The van der Waals surface area contributed by atoms with E-state index in [1.54, 1.807) is 49.1 Å². The molecule has 16 nitrogen and oxygen atoms in total. The van der Waals surface area contributed by atoms with Crippen molar-refractivity contribution in [2.24, 2.45) is 11.8 Å². The van der Waals surface area contributed by atoms with Gasteiger partial charge in [-0.05, 0) is 150 Å². The second-order valence-electron chi connectivity index (χ2n) is 20.5. The minimum atomic E-state index is -0.126. The van der Waals surface area contributed by atoms with Crippen molar-refractivity contribution in [2.45, 2.75) is 91.1 Å². The van der Waals surface area contributed by atoms with Gasteiger partial charge in [0.1, 0.15) is 0 Å². The molecule has 4 fully saturated rings. The van der Waals surface area contributed by atoms with Gasteiger partial charge in [0.05, 0.1) is 26.4 Å². The molecule has 0 spiro atoms. The fourth-order valence-corrected chi connectivity index (χ4v) is 10.6. The quantitative estimate of drug-likeness (QED) is 0.0986. The smallest absolute Gasteiger partial charge is 0.320 e. The van der Waals surface area contributed by atoms with Crippen LogP contribution in [0, 0.1) is 11.8 Å². The summed E-state index contributed by atoms with van der Waals surface area (Å²) in [6.07, 6.45) is 14.8. The molecule has 0 saturated carbocycles. The number of morpholine rings is 2. The third-order valence-corrected chi connectivity index (χ3v) is 14.9. The van der Waals surface area contributed by atoms with Crippen LogP contribution < -0.4 is 10.6 Å². The van der Waals surface area contributed by atoms with Crippen LogP contribution in [0.2, 0.25) is 0 Å². The summed E-state index contributed by atoms with van der Waals surface area (Å²) in [5.74, 6) is 0.958. The minimum Gasteiger partial charge on any atom is -0.378 e. The number of carbonyl (C=O) groups is 4. The van der Waals surface area contributed by atoms with Crippen LogP contribution >= 0.6 is 24.8 Å². The summed E-state index contributed by atoms with van der Waals surface area (Å²) < 4.78 is 10.8. The van der Waals surface area contributed by atoms with E-state index in [1.807, 2.05) is 43.9 Å². The lowest BCUT2D eigenvalue weighted by Crippen LogP contribution is -2.51.